The van der Waals surface area contributed by atoms with Gasteiger partial charge in [0.1, 0.15) is 0 Å². The number of nitrogens with zero attached hydrogens (tertiary/aromatic N) is 5. The molecule has 0 N–H and O–H groups in total. The summed E-state index contributed by atoms with van der Waals surface area (Å²) < 4.78 is 0. The van der Waals surface area contributed by atoms with Crippen LogP contribution >= 0.6 is 0 Å². The van der Waals surface area contributed by atoms with E-state index in [1.807, 2.05) is 24.4 Å². The molecule has 2 aliphatic carbocycles. The van der Waals surface area contributed by atoms with Gasteiger partial charge < -0.3 is 15.5 Å². The molecule has 6 heteroatoms. The number of pyridine rings is 2. The van der Waals surface area contributed by atoms with Gasteiger partial charge in [0.2, 0.25) is 0 Å². The van der Waals surface area contributed by atoms with E-state index in [1.54, 1.807) is 0 Å². The topological polar surface area (TPSA) is 66.9 Å². The summed E-state index contributed by atoms with van der Waals surface area (Å²) in [7, 11) is 0. The fraction of sp³-hybridized carbons (Fsp3) is 0.324. The van der Waals surface area contributed by atoms with E-state index in [0.29, 0.717) is 19.0 Å². The zero-order valence-corrected chi connectivity index (χ0v) is 25.4. The summed E-state index contributed by atoms with van der Waals surface area (Å²) in [5.74, 6) is 0.490. The second-order valence-corrected chi connectivity index (χ2v) is 11.9. The molecule has 40 heavy (non-hydrogen) atoms. The van der Waals surface area contributed by atoms with Gasteiger partial charge in [-0.15, -0.1) is 13.1 Å². The van der Waals surface area contributed by atoms with E-state index in [-0.39, 0.29) is 37.8 Å². The Morgan fingerprint density at radius 2 is 1.75 bits per heavy atom. The molecule has 0 spiro atoms. The molecule has 0 aliphatic heterocycles. The SMILES string of the molecule is CC12CCC(c3c1n[n-]c3-c1nc(C(C[N-]Cc3ccccn3)c3ccccc3)cc3ccccc13)C2(C)C.[Pt+2]. The smallest absolute Gasteiger partial charge is 0.656 e. The van der Waals surface area contributed by atoms with Crippen molar-refractivity contribution >= 4 is 10.8 Å². The summed E-state index contributed by atoms with van der Waals surface area (Å²) in [5.41, 5.74) is 7.91. The largest absolute Gasteiger partial charge is 2.00 e. The predicted molar refractivity (Wildman–Crippen MR) is 156 cm³/mol. The van der Waals surface area contributed by atoms with Gasteiger partial charge in [-0.2, -0.15) is 0 Å². The van der Waals surface area contributed by atoms with Crippen LogP contribution in [0.1, 0.15) is 73.7 Å². The minimum atomic E-state index is 0. The molecule has 7 rings (SSSR count). The van der Waals surface area contributed by atoms with Crippen molar-refractivity contribution in [2.45, 2.75) is 57.4 Å². The fourth-order valence-corrected chi connectivity index (χ4v) is 7.10. The van der Waals surface area contributed by atoms with E-state index in [2.05, 4.69) is 86.4 Å². The molecular formula is C34H33N5Pt. The summed E-state index contributed by atoms with van der Waals surface area (Å²) in [6.45, 7) is 8.42. The fourth-order valence-electron chi connectivity index (χ4n) is 7.10. The summed E-state index contributed by atoms with van der Waals surface area (Å²) >= 11 is 0. The second kappa shape index (κ2) is 10.4. The van der Waals surface area contributed by atoms with Crippen LogP contribution in [-0.4, -0.2) is 21.6 Å². The molecule has 3 heterocycles. The molecule has 1 saturated carbocycles. The number of aromatic nitrogens is 4. The molecule has 2 aromatic carbocycles. The van der Waals surface area contributed by atoms with Crippen molar-refractivity contribution in [3.05, 3.63) is 119 Å². The zero-order valence-electron chi connectivity index (χ0n) is 23.1. The molecule has 2 bridgehead atoms. The Morgan fingerprint density at radius 3 is 2.55 bits per heavy atom. The molecule has 0 amide bonds. The van der Waals surface area contributed by atoms with Gasteiger partial charge in [0.15, 0.2) is 0 Å². The average Bonchev–Trinajstić information content (AvgIpc) is 3.55. The Balaban J connectivity index is 0.00000289. The van der Waals surface area contributed by atoms with Crippen LogP contribution in [0.2, 0.25) is 0 Å². The van der Waals surface area contributed by atoms with E-state index in [9.17, 15) is 0 Å². The number of hydrogen-bond acceptors (Lipinski definition) is 3. The number of benzene rings is 2. The Morgan fingerprint density at radius 1 is 0.975 bits per heavy atom. The number of hydrogen-bond donors (Lipinski definition) is 0. The maximum Gasteiger partial charge on any atom is 2.00 e. The first-order valence-electron chi connectivity index (χ1n) is 14.0. The minimum absolute atomic E-state index is 0. The Hall–Kier alpha value is -3.14. The monoisotopic (exact) mass is 706 g/mol. The minimum Gasteiger partial charge on any atom is -0.656 e. The van der Waals surface area contributed by atoms with Crippen LogP contribution < -0.4 is 5.10 Å². The Kier molecular flexibility index (Phi) is 7.00. The van der Waals surface area contributed by atoms with Gasteiger partial charge in [0.05, 0.1) is 5.69 Å². The van der Waals surface area contributed by atoms with Crippen LogP contribution in [-0.2, 0) is 33.0 Å². The van der Waals surface area contributed by atoms with Gasteiger partial charge >= 0.3 is 21.1 Å². The van der Waals surface area contributed by atoms with E-state index < -0.39 is 0 Å². The van der Waals surface area contributed by atoms with Crippen LogP contribution in [0.15, 0.2) is 85.1 Å². The average molecular weight is 707 g/mol. The van der Waals surface area contributed by atoms with Gasteiger partial charge in [0, 0.05) is 40.0 Å². The van der Waals surface area contributed by atoms with Crippen LogP contribution in [0.25, 0.3) is 27.5 Å². The van der Waals surface area contributed by atoms with Crippen molar-refractivity contribution in [1.29, 1.82) is 0 Å². The Labute approximate surface area is 250 Å². The van der Waals surface area contributed by atoms with Gasteiger partial charge in [-0.1, -0.05) is 87.1 Å². The third-order valence-electron chi connectivity index (χ3n) is 9.71. The van der Waals surface area contributed by atoms with Crippen molar-refractivity contribution in [1.82, 2.24) is 20.2 Å². The van der Waals surface area contributed by atoms with Crippen molar-refractivity contribution in [2.75, 3.05) is 6.54 Å². The van der Waals surface area contributed by atoms with Gasteiger partial charge in [-0.3, -0.25) is 9.97 Å². The van der Waals surface area contributed by atoms with Crippen LogP contribution in [0.5, 0.6) is 0 Å². The third-order valence-corrected chi connectivity index (χ3v) is 9.71. The van der Waals surface area contributed by atoms with E-state index in [4.69, 9.17) is 20.5 Å². The molecule has 2 aliphatic rings. The predicted octanol–water partition coefficient (Wildman–Crippen LogP) is 7.53. The first-order chi connectivity index (χ1) is 19.0. The molecule has 3 aromatic heterocycles. The molecule has 1 fully saturated rings. The molecule has 0 radical (unpaired) electrons. The van der Waals surface area contributed by atoms with Crippen molar-refractivity contribution in [3.8, 4) is 11.4 Å². The molecule has 5 aromatic rings. The normalized spacial score (nSPS) is 21.2. The zero-order chi connectivity index (χ0) is 26.6. The molecule has 3 atom stereocenters. The van der Waals surface area contributed by atoms with Crippen LogP contribution in [0.3, 0.4) is 0 Å². The van der Waals surface area contributed by atoms with E-state index >= 15 is 0 Å². The summed E-state index contributed by atoms with van der Waals surface area (Å²) in [5, 5.41) is 16.9. The van der Waals surface area contributed by atoms with Gasteiger partial charge in [-0.25, -0.2) is 0 Å². The number of fused-ring (bicyclic) bond motifs is 6. The first kappa shape index (κ1) is 27.0. The molecule has 0 saturated heterocycles. The van der Waals surface area contributed by atoms with Gasteiger partial charge in [-0.05, 0) is 58.9 Å². The van der Waals surface area contributed by atoms with Crippen LogP contribution in [0.4, 0.5) is 0 Å². The standard InChI is InChI=1S/C34H33N5.Pt/c1-33(2)27-16-17-34(33,3)32-29(27)31(38-39-32)30-25-15-8-7-13-23(25)19-28(37-30)26(22-11-5-4-6-12-22)21-35-20-24-14-9-10-18-36-24;/h4-15,18-19,26-27H,16-17,20-21H2,1-3H3;/q-2;+2. The quantitative estimate of drug-likeness (QED) is 0.176. The molecule has 204 valence electrons. The van der Waals surface area contributed by atoms with Crippen molar-refractivity contribution in [3.63, 3.8) is 0 Å². The maximum atomic E-state index is 5.40. The Bertz CT molecular complexity index is 1650. The molecule has 5 nitrogen and oxygen atoms in total. The molecular weight excluding hydrogens is 673 g/mol. The van der Waals surface area contributed by atoms with Crippen molar-refractivity contribution in [2.24, 2.45) is 5.41 Å². The second-order valence-electron chi connectivity index (χ2n) is 11.9. The third kappa shape index (κ3) is 4.17. The maximum absolute atomic E-state index is 5.40. The number of rotatable bonds is 7. The summed E-state index contributed by atoms with van der Waals surface area (Å²) in [6, 6.07) is 27.4. The van der Waals surface area contributed by atoms with Gasteiger partial charge in [0.25, 0.3) is 0 Å². The molecule has 3 unspecified atom stereocenters. The van der Waals surface area contributed by atoms with Crippen LogP contribution in [0, 0.1) is 5.41 Å². The van der Waals surface area contributed by atoms with Crippen molar-refractivity contribution < 1.29 is 21.1 Å². The first-order valence-corrected chi connectivity index (χ1v) is 14.0. The summed E-state index contributed by atoms with van der Waals surface area (Å²) in [4.78, 5) is 9.85. The van der Waals surface area contributed by atoms with E-state index in [1.165, 1.54) is 35.0 Å². The van der Waals surface area contributed by atoms with E-state index in [0.717, 1.165) is 28.2 Å². The summed E-state index contributed by atoms with van der Waals surface area (Å²) in [6.07, 6.45) is 4.19.